The standard InChI is InChI=1S/C13H14F3NO3/c1-17(10-6-7-19-12(10)18)8-9-4-2-3-5-11(9)20-13(14,15)16/h2-5,10H,6-8H2,1H3. The Morgan fingerprint density at radius 2 is 2.10 bits per heavy atom. The second-order valence-corrected chi connectivity index (χ2v) is 4.54. The van der Waals surface area contributed by atoms with Crippen molar-refractivity contribution >= 4 is 5.97 Å². The van der Waals surface area contributed by atoms with Crippen LogP contribution in [-0.4, -0.2) is 36.9 Å². The molecule has 1 atom stereocenters. The van der Waals surface area contributed by atoms with Gasteiger partial charge in [0.2, 0.25) is 0 Å². The number of nitrogens with zero attached hydrogens (tertiary/aromatic N) is 1. The smallest absolute Gasteiger partial charge is 0.464 e. The number of hydrogen-bond donors (Lipinski definition) is 0. The first-order valence-corrected chi connectivity index (χ1v) is 6.07. The van der Waals surface area contributed by atoms with Crippen molar-refractivity contribution in [3.63, 3.8) is 0 Å². The second kappa shape index (κ2) is 5.70. The molecule has 1 aliphatic rings. The molecule has 1 aromatic carbocycles. The normalized spacial score (nSPS) is 19.2. The van der Waals surface area contributed by atoms with Crippen LogP contribution in [0.1, 0.15) is 12.0 Å². The number of ether oxygens (including phenoxy) is 2. The molecule has 1 aromatic rings. The number of likely N-dealkylation sites (N-methyl/N-ethyl adjacent to an activating group) is 1. The quantitative estimate of drug-likeness (QED) is 0.798. The maximum absolute atomic E-state index is 12.3. The van der Waals surface area contributed by atoms with Crippen LogP contribution in [0.25, 0.3) is 0 Å². The third kappa shape index (κ3) is 3.63. The summed E-state index contributed by atoms with van der Waals surface area (Å²) in [5.41, 5.74) is 0.368. The maximum Gasteiger partial charge on any atom is 0.573 e. The molecule has 0 spiro atoms. The Morgan fingerprint density at radius 1 is 1.40 bits per heavy atom. The zero-order chi connectivity index (χ0) is 14.8. The zero-order valence-electron chi connectivity index (χ0n) is 10.8. The van der Waals surface area contributed by atoms with Crippen LogP contribution in [0.3, 0.4) is 0 Å². The SMILES string of the molecule is CN(Cc1ccccc1OC(F)(F)F)C1CCOC1=O. The van der Waals surface area contributed by atoms with Gasteiger partial charge in [-0.25, -0.2) is 0 Å². The van der Waals surface area contributed by atoms with E-state index < -0.39 is 12.4 Å². The molecule has 1 unspecified atom stereocenters. The summed E-state index contributed by atoms with van der Waals surface area (Å²) in [4.78, 5) is 13.1. The van der Waals surface area contributed by atoms with Crippen LogP contribution in [0, 0.1) is 0 Å². The maximum atomic E-state index is 12.3. The van der Waals surface area contributed by atoms with E-state index in [1.165, 1.54) is 18.2 Å². The zero-order valence-corrected chi connectivity index (χ0v) is 10.8. The molecule has 2 rings (SSSR count). The van der Waals surface area contributed by atoms with Crippen molar-refractivity contribution < 1.29 is 27.4 Å². The van der Waals surface area contributed by atoms with Gasteiger partial charge in [0.1, 0.15) is 11.8 Å². The number of rotatable bonds is 4. The summed E-state index contributed by atoms with van der Waals surface area (Å²) >= 11 is 0. The molecule has 7 heteroatoms. The molecule has 4 nitrogen and oxygen atoms in total. The van der Waals surface area contributed by atoms with Crippen molar-refractivity contribution in [1.29, 1.82) is 0 Å². The van der Waals surface area contributed by atoms with Gasteiger partial charge < -0.3 is 9.47 Å². The van der Waals surface area contributed by atoms with Crippen molar-refractivity contribution in [2.24, 2.45) is 0 Å². The second-order valence-electron chi connectivity index (χ2n) is 4.54. The molecule has 1 aliphatic heterocycles. The summed E-state index contributed by atoms with van der Waals surface area (Å²) in [5.74, 6) is -0.597. The topological polar surface area (TPSA) is 38.8 Å². The highest BCUT2D eigenvalue weighted by atomic mass is 19.4. The summed E-state index contributed by atoms with van der Waals surface area (Å²) in [5, 5.41) is 0. The van der Waals surface area contributed by atoms with E-state index in [0.29, 0.717) is 18.6 Å². The van der Waals surface area contributed by atoms with Gasteiger partial charge in [0.25, 0.3) is 0 Å². The predicted octanol–water partition coefficient (Wildman–Crippen LogP) is 2.33. The van der Waals surface area contributed by atoms with Gasteiger partial charge in [-0.3, -0.25) is 9.69 Å². The van der Waals surface area contributed by atoms with Crippen molar-refractivity contribution in [3.8, 4) is 5.75 Å². The molecule has 1 saturated heterocycles. The van der Waals surface area contributed by atoms with Crippen LogP contribution in [0.5, 0.6) is 5.75 Å². The Bertz CT molecular complexity index is 490. The van der Waals surface area contributed by atoms with Gasteiger partial charge in [-0.2, -0.15) is 0 Å². The minimum Gasteiger partial charge on any atom is -0.464 e. The van der Waals surface area contributed by atoms with E-state index in [1.807, 2.05) is 0 Å². The Labute approximate surface area is 114 Å². The summed E-state index contributed by atoms with van der Waals surface area (Å²) < 4.78 is 45.8. The molecule has 0 bridgehead atoms. The third-order valence-corrected chi connectivity index (χ3v) is 3.06. The van der Waals surface area contributed by atoms with Crippen LogP contribution in [0.15, 0.2) is 24.3 Å². The van der Waals surface area contributed by atoms with E-state index in [9.17, 15) is 18.0 Å². The number of alkyl halides is 3. The number of benzene rings is 1. The van der Waals surface area contributed by atoms with Gasteiger partial charge in [-0.1, -0.05) is 18.2 Å². The first-order valence-electron chi connectivity index (χ1n) is 6.07. The fraction of sp³-hybridized carbons (Fsp3) is 0.462. The Kier molecular flexibility index (Phi) is 4.17. The first kappa shape index (κ1) is 14.6. The number of esters is 1. The van der Waals surface area contributed by atoms with Crippen molar-refractivity contribution in [3.05, 3.63) is 29.8 Å². The van der Waals surface area contributed by atoms with Crippen LogP contribution in [0.2, 0.25) is 0 Å². The monoisotopic (exact) mass is 289 g/mol. The average molecular weight is 289 g/mol. The summed E-state index contributed by atoms with van der Waals surface area (Å²) in [6, 6.07) is 5.46. The van der Waals surface area contributed by atoms with Gasteiger partial charge in [-0.15, -0.1) is 13.2 Å². The molecule has 20 heavy (non-hydrogen) atoms. The first-order chi connectivity index (χ1) is 9.37. The molecule has 1 heterocycles. The highest BCUT2D eigenvalue weighted by molar-refractivity contribution is 5.77. The number of carbonyl (C=O) groups excluding carboxylic acids is 1. The van der Waals surface area contributed by atoms with Crippen molar-refractivity contribution in [2.75, 3.05) is 13.7 Å². The third-order valence-electron chi connectivity index (χ3n) is 3.06. The number of cyclic esters (lactones) is 1. The molecule has 0 saturated carbocycles. The molecular formula is C13H14F3NO3. The number of carbonyl (C=O) groups is 1. The summed E-state index contributed by atoms with van der Waals surface area (Å²) in [7, 11) is 1.67. The molecule has 110 valence electrons. The van der Waals surface area contributed by atoms with Crippen LogP contribution >= 0.6 is 0 Å². The fourth-order valence-electron chi connectivity index (χ4n) is 2.12. The van der Waals surface area contributed by atoms with Gasteiger partial charge in [0, 0.05) is 18.5 Å². The molecule has 0 aromatic heterocycles. The largest absolute Gasteiger partial charge is 0.573 e. The van der Waals surface area contributed by atoms with Crippen molar-refractivity contribution in [1.82, 2.24) is 4.90 Å². The number of halogens is 3. The van der Waals surface area contributed by atoms with Crippen LogP contribution < -0.4 is 4.74 Å². The van der Waals surface area contributed by atoms with Gasteiger partial charge >= 0.3 is 12.3 Å². The van der Waals surface area contributed by atoms with E-state index in [1.54, 1.807) is 18.0 Å². The molecule has 0 N–H and O–H groups in total. The molecule has 0 amide bonds. The number of hydrogen-bond acceptors (Lipinski definition) is 4. The van der Waals surface area contributed by atoms with E-state index in [-0.39, 0.29) is 18.3 Å². The highest BCUT2D eigenvalue weighted by Gasteiger charge is 2.33. The van der Waals surface area contributed by atoms with E-state index in [4.69, 9.17) is 4.74 Å². The van der Waals surface area contributed by atoms with Gasteiger partial charge in [0.15, 0.2) is 0 Å². The highest BCUT2D eigenvalue weighted by Crippen LogP contribution is 2.27. The van der Waals surface area contributed by atoms with E-state index in [2.05, 4.69) is 4.74 Å². The van der Waals surface area contributed by atoms with E-state index >= 15 is 0 Å². The fourth-order valence-corrected chi connectivity index (χ4v) is 2.12. The lowest BCUT2D eigenvalue weighted by atomic mass is 10.1. The Hall–Kier alpha value is -1.76. The van der Waals surface area contributed by atoms with Crippen molar-refractivity contribution in [2.45, 2.75) is 25.4 Å². The summed E-state index contributed by atoms with van der Waals surface area (Å²) in [6.45, 7) is 0.514. The predicted molar refractivity (Wildman–Crippen MR) is 64.0 cm³/mol. The molecular weight excluding hydrogens is 275 g/mol. The molecule has 0 aliphatic carbocycles. The van der Waals surface area contributed by atoms with Gasteiger partial charge in [-0.05, 0) is 13.1 Å². The molecule has 0 radical (unpaired) electrons. The van der Waals surface area contributed by atoms with E-state index in [0.717, 1.165) is 0 Å². The lowest BCUT2D eigenvalue weighted by Crippen LogP contribution is -2.35. The minimum absolute atomic E-state index is 0.173. The average Bonchev–Trinajstić information content (AvgIpc) is 2.76. The lowest BCUT2D eigenvalue weighted by molar-refractivity contribution is -0.275. The Morgan fingerprint density at radius 3 is 2.70 bits per heavy atom. The van der Waals surface area contributed by atoms with Crippen LogP contribution in [0.4, 0.5) is 13.2 Å². The minimum atomic E-state index is -4.74. The Balaban J connectivity index is 2.10. The van der Waals surface area contributed by atoms with Crippen LogP contribution in [-0.2, 0) is 16.1 Å². The number of para-hydroxylation sites is 1. The van der Waals surface area contributed by atoms with Gasteiger partial charge in [0.05, 0.1) is 6.61 Å². The lowest BCUT2D eigenvalue weighted by Gasteiger charge is -2.22. The summed E-state index contributed by atoms with van der Waals surface area (Å²) in [6.07, 6.45) is -4.20. The molecule has 1 fully saturated rings.